The van der Waals surface area contributed by atoms with Crippen molar-refractivity contribution in [3.63, 3.8) is 0 Å². The Kier molecular flexibility index (Phi) is 4.89. The monoisotopic (exact) mass is 378 g/mol. The lowest BCUT2D eigenvalue weighted by molar-refractivity contribution is -0.148. The quantitative estimate of drug-likeness (QED) is 0.344. The fraction of sp³-hybridized carbons (Fsp3) is 0.238. The van der Waals surface area contributed by atoms with Crippen molar-refractivity contribution in [1.82, 2.24) is 9.88 Å². The maximum Gasteiger partial charge on any atom is 0.331 e. The molecule has 2 atom stereocenters. The Morgan fingerprint density at radius 2 is 1.61 bits per heavy atom. The van der Waals surface area contributed by atoms with E-state index in [1.165, 1.54) is 0 Å². The van der Waals surface area contributed by atoms with Crippen LogP contribution in [0.1, 0.15) is 12.8 Å². The van der Waals surface area contributed by atoms with Gasteiger partial charge < -0.3 is 9.47 Å². The van der Waals surface area contributed by atoms with Crippen molar-refractivity contribution >= 4 is 17.8 Å². The number of aromatic nitrogens is 1. The SMILES string of the molecule is O=C(CN1C(=O)[C@H]2CC=CC[C@H]2C1=O)Oc1ccc(Oc2ccccn2)cc1. The number of ether oxygens (including phenoxy) is 2. The first-order valence-electron chi connectivity index (χ1n) is 9.01. The number of imide groups is 1. The number of allylic oxidation sites excluding steroid dienone is 2. The predicted molar refractivity (Wildman–Crippen MR) is 98.5 cm³/mol. The molecule has 0 saturated carbocycles. The van der Waals surface area contributed by atoms with Crippen molar-refractivity contribution in [1.29, 1.82) is 0 Å². The van der Waals surface area contributed by atoms with Gasteiger partial charge >= 0.3 is 5.97 Å². The number of nitrogens with zero attached hydrogens (tertiary/aromatic N) is 2. The van der Waals surface area contributed by atoms with Crippen LogP contribution in [-0.2, 0) is 14.4 Å². The minimum Gasteiger partial charge on any atom is -0.439 e. The smallest absolute Gasteiger partial charge is 0.331 e. The Bertz CT molecular complexity index is 898. The van der Waals surface area contributed by atoms with E-state index >= 15 is 0 Å². The number of hydrogen-bond acceptors (Lipinski definition) is 6. The highest BCUT2D eigenvalue weighted by atomic mass is 16.5. The maximum absolute atomic E-state index is 12.4. The Morgan fingerprint density at radius 3 is 2.21 bits per heavy atom. The van der Waals surface area contributed by atoms with Crippen LogP contribution in [0.4, 0.5) is 0 Å². The number of amides is 2. The van der Waals surface area contributed by atoms with E-state index in [0.29, 0.717) is 30.2 Å². The Hall–Kier alpha value is -3.48. The maximum atomic E-state index is 12.4. The summed E-state index contributed by atoms with van der Waals surface area (Å²) in [6.07, 6.45) is 6.52. The van der Waals surface area contributed by atoms with Gasteiger partial charge in [-0.25, -0.2) is 9.78 Å². The van der Waals surface area contributed by atoms with Gasteiger partial charge in [-0.2, -0.15) is 0 Å². The molecule has 1 fully saturated rings. The van der Waals surface area contributed by atoms with Crippen LogP contribution in [0.2, 0.25) is 0 Å². The van der Waals surface area contributed by atoms with E-state index in [1.54, 1.807) is 42.6 Å². The highest BCUT2D eigenvalue weighted by Crippen LogP contribution is 2.35. The largest absolute Gasteiger partial charge is 0.439 e. The van der Waals surface area contributed by atoms with Gasteiger partial charge in [0.1, 0.15) is 18.0 Å². The molecule has 0 N–H and O–H groups in total. The van der Waals surface area contributed by atoms with Crippen molar-refractivity contribution in [3.8, 4) is 17.4 Å². The minimum atomic E-state index is -0.660. The van der Waals surface area contributed by atoms with Crippen LogP contribution in [0.5, 0.6) is 17.4 Å². The number of carbonyl (C=O) groups is 3. The van der Waals surface area contributed by atoms with Crippen LogP contribution in [0.3, 0.4) is 0 Å². The highest BCUT2D eigenvalue weighted by Gasteiger charge is 2.47. The van der Waals surface area contributed by atoms with E-state index < -0.39 is 5.97 Å². The zero-order valence-corrected chi connectivity index (χ0v) is 15.0. The third kappa shape index (κ3) is 3.64. The summed E-state index contributed by atoms with van der Waals surface area (Å²) in [5.41, 5.74) is 0. The molecule has 2 heterocycles. The number of esters is 1. The molecule has 142 valence electrons. The van der Waals surface area contributed by atoms with Crippen LogP contribution >= 0.6 is 0 Å². The molecule has 0 bridgehead atoms. The second-order valence-electron chi connectivity index (χ2n) is 6.63. The molecule has 1 aliphatic carbocycles. The minimum absolute atomic E-state index is 0.296. The van der Waals surface area contributed by atoms with Gasteiger partial charge in [0.25, 0.3) is 0 Å². The van der Waals surface area contributed by atoms with Crippen LogP contribution in [0.15, 0.2) is 60.8 Å². The normalized spacial score (nSPS) is 20.8. The molecule has 28 heavy (non-hydrogen) atoms. The average Bonchev–Trinajstić information content (AvgIpc) is 2.95. The van der Waals surface area contributed by atoms with Gasteiger partial charge in [-0.05, 0) is 43.2 Å². The number of rotatable bonds is 5. The summed E-state index contributed by atoms with van der Waals surface area (Å²) >= 11 is 0. The molecular formula is C21H18N2O5. The van der Waals surface area contributed by atoms with Gasteiger partial charge in [-0.3, -0.25) is 14.5 Å². The van der Waals surface area contributed by atoms with Crippen LogP contribution in [-0.4, -0.2) is 34.2 Å². The first-order valence-corrected chi connectivity index (χ1v) is 9.01. The molecule has 7 heteroatoms. The fourth-order valence-electron chi connectivity index (χ4n) is 3.42. The van der Waals surface area contributed by atoms with Crippen molar-refractivity contribution in [2.45, 2.75) is 12.8 Å². The van der Waals surface area contributed by atoms with Gasteiger partial charge in [0, 0.05) is 12.3 Å². The molecule has 1 saturated heterocycles. The van der Waals surface area contributed by atoms with Crippen molar-refractivity contribution in [2.75, 3.05) is 6.54 Å². The second kappa shape index (κ2) is 7.64. The lowest BCUT2D eigenvalue weighted by Crippen LogP contribution is -2.37. The highest BCUT2D eigenvalue weighted by molar-refractivity contribution is 6.07. The summed E-state index contributed by atoms with van der Waals surface area (Å²) in [6.45, 7) is -0.378. The molecule has 1 aliphatic heterocycles. The van der Waals surface area contributed by atoms with Crippen LogP contribution in [0, 0.1) is 11.8 Å². The Morgan fingerprint density at radius 1 is 0.964 bits per heavy atom. The molecule has 2 aliphatic rings. The van der Waals surface area contributed by atoms with Crippen molar-refractivity contribution in [2.24, 2.45) is 11.8 Å². The standard InChI is InChI=1S/C21H18N2O5/c24-19(13-23-20(25)16-5-1-2-6-17(16)21(23)26)28-15-10-8-14(9-11-15)27-18-7-3-4-12-22-18/h1-4,7-12,16-17H,5-6,13H2/t16-,17+. The summed E-state index contributed by atoms with van der Waals surface area (Å²) in [5.74, 6) is -0.662. The lowest BCUT2D eigenvalue weighted by Gasteiger charge is -2.14. The zero-order chi connectivity index (χ0) is 19.5. The number of benzene rings is 1. The van der Waals surface area contributed by atoms with E-state index in [-0.39, 0.29) is 30.2 Å². The number of likely N-dealkylation sites (tertiary alicyclic amines) is 1. The van der Waals surface area contributed by atoms with Crippen LogP contribution < -0.4 is 9.47 Å². The predicted octanol–water partition coefficient (Wildman–Crippen LogP) is 2.73. The molecule has 4 rings (SSSR count). The summed E-state index contributed by atoms with van der Waals surface area (Å²) in [4.78, 5) is 42.1. The van der Waals surface area contributed by atoms with E-state index in [9.17, 15) is 14.4 Å². The molecule has 0 spiro atoms. The first-order chi connectivity index (χ1) is 13.6. The molecular weight excluding hydrogens is 360 g/mol. The summed E-state index contributed by atoms with van der Waals surface area (Å²) in [7, 11) is 0. The molecule has 1 aromatic carbocycles. The van der Waals surface area contributed by atoms with E-state index in [1.807, 2.05) is 18.2 Å². The summed E-state index contributed by atoms with van der Waals surface area (Å²) < 4.78 is 10.8. The number of pyridine rings is 1. The molecule has 7 nitrogen and oxygen atoms in total. The average molecular weight is 378 g/mol. The lowest BCUT2D eigenvalue weighted by atomic mass is 9.85. The van der Waals surface area contributed by atoms with Crippen molar-refractivity contribution < 1.29 is 23.9 Å². The Balaban J connectivity index is 1.35. The van der Waals surface area contributed by atoms with Gasteiger partial charge in [-0.15, -0.1) is 0 Å². The first kappa shape index (κ1) is 17.9. The Labute approximate surface area is 161 Å². The number of hydrogen-bond donors (Lipinski definition) is 0. The van der Waals surface area contributed by atoms with E-state index in [2.05, 4.69) is 4.98 Å². The van der Waals surface area contributed by atoms with E-state index in [0.717, 1.165) is 4.90 Å². The third-order valence-corrected chi connectivity index (χ3v) is 4.80. The summed E-state index contributed by atoms with van der Waals surface area (Å²) in [5, 5.41) is 0. The molecule has 1 aromatic heterocycles. The fourth-order valence-corrected chi connectivity index (χ4v) is 3.42. The number of carbonyl (C=O) groups excluding carboxylic acids is 3. The molecule has 0 unspecified atom stereocenters. The van der Waals surface area contributed by atoms with E-state index in [4.69, 9.17) is 9.47 Å². The van der Waals surface area contributed by atoms with Gasteiger partial charge in [-0.1, -0.05) is 18.2 Å². The van der Waals surface area contributed by atoms with Crippen molar-refractivity contribution in [3.05, 3.63) is 60.8 Å². The molecule has 2 aromatic rings. The zero-order valence-electron chi connectivity index (χ0n) is 15.0. The van der Waals surface area contributed by atoms with Gasteiger partial charge in [0.2, 0.25) is 17.7 Å². The van der Waals surface area contributed by atoms with Gasteiger partial charge in [0.05, 0.1) is 11.8 Å². The third-order valence-electron chi connectivity index (χ3n) is 4.80. The molecule has 2 amide bonds. The second-order valence-corrected chi connectivity index (χ2v) is 6.63. The summed E-state index contributed by atoms with van der Waals surface area (Å²) in [6, 6.07) is 11.8. The van der Waals surface area contributed by atoms with Crippen LogP contribution in [0.25, 0.3) is 0 Å². The number of fused-ring (bicyclic) bond motifs is 1. The topological polar surface area (TPSA) is 85.8 Å². The molecule has 0 radical (unpaired) electrons. The van der Waals surface area contributed by atoms with Gasteiger partial charge in [0.15, 0.2) is 0 Å².